The summed E-state index contributed by atoms with van der Waals surface area (Å²) in [6, 6.07) is 15.2. The van der Waals surface area contributed by atoms with Crippen LogP contribution in [0.15, 0.2) is 60.7 Å². The van der Waals surface area contributed by atoms with Crippen LogP contribution in [-0.2, 0) is 30.3 Å². The molecule has 0 aliphatic rings. The number of hydrogen-bond donors (Lipinski definition) is 1. The molecule has 28 heavy (non-hydrogen) atoms. The van der Waals surface area contributed by atoms with Gasteiger partial charge in [-0.1, -0.05) is 54.1 Å². The van der Waals surface area contributed by atoms with Gasteiger partial charge in [-0.05, 0) is 29.3 Å². The maximum absolute atomic E-state index is 12.0. The fourth-order valence-electron chi connectivity index (χ4n) is 2.38. The zero-order chi connectivity index (χ0) is 20.4. The molecule has 0 fully saturated rings. The highest BCUT2D eigenvalue weighted by molar-refractivity contribution is 6.30. The van der Waals surface area contributed by atoms with Gasteiger partial charge in [-0.15, -0.1) is 0 Å². The van der Waals surface area contributed by atoms with Crippen LogP contribution in [-0.4, -0.2) is 37.6 Å². The molecule has 2 rings (SSSR count). The molecule has 0 aliphatic carbocycles. The summed E-state index contributed by atoms with van der Waals surface area (Å²) in [7, 11) is 1.24. The van der Waals surface area contributed by atoms with Crippen molar-refractivity contribution in [3.8, 4) is 0 Å². The van der Waals surface area contributed by atoms with Crippen molar-refractivity contribution in [2.24, 2.45) is 0 Å². The molecule has 1 atom stereocenters. The third kappa shape index (κ3) is 7.25. The number of hydrogen-bond acceptors (Lipinski definition) is 5. The maximum Gasteiger partial charge on any atom is 0.331 e. The second kappa shape index (κ2) is 10.9. The molecule has 7 heteroatoms. The lowest BCUT2D eigenvalue weighted by molar-refractivity contribution is -0.147. The minimum absolute atomic E-state index is 0.266. The van der Waals surface area contributed by atoms with Crippen LogP contribution in [0.4, 0.5) is 0 Å². The van der Waals surface area contributed by atoms with Gasteiger partial charge >= 0.3 is 11.9 Å². The number of ether oxygens (including phenoxy) is 2. The van der Waals surface area contributed by atoms with Crippen molar-refractivity contribution < 1.29 is 23.9 Å². The van der Waals surface area contributed by atoms with Crippen LogP contribution in [0.2, 0.25) is 5.02 Å². The minimum atomic E-state index is -0.874. The van der Waals surface area contributed by atoms with Gasteiger partial charge in [0.15, 0.2) is 6.61 Å². The second-order valence-corrected chi connectivity index (χ2v) is 6.27. The van der Waals surface area contributed by atoms with Crippen LogP contribution in [0.25, 0.3) is 6.08 Å². The molecule has 0 heterocycles. The first-order valence-electron chi connectivity index (χ1n) is 8.49. The molecule has 0 unspecified atom stereocenters. The van der Waals surface area contributed by atoms with Gasteiger partial charge in [0.1, 0.15) is 6.04 Å². The molecule has 0 aliphatic heterocycles. The predicted molar refractivity (Wildman–Crippen MR) is 106 cm³/mol. The average molecular weight is 402 g/mol. The third-order valence-corrected chi connectivity index (χ3v) is 3.94. The van der Waals surface area contributed by atoms with Crippen LogP contribution >= 0.6 is 11.6 Å². The number of benzene rings is 2. The fourth-order valence-corrected chi connectivity index (χ4v) is 2.58. The summed E-state index contributed by atoms with van der Waals surface area (Å²) < 4.78 is 9.62. The zero-order valence-corrected chi connectivity index (χ0v) is 16.0. The van der Waals surface area contributed by atoms with E-state index in [0.29, 0.717) is 5.02 Å². The monoisotopic (exact) mass is 401 g/mol. The lowest BCUT2D eigenvalue weighted by Crippen LogP contribution is -2.44. The normalized spacial score (nSPS) is 11.6. The van der Waals surface area contributed by atoms with Gasteiger partial charge in [0.25, 0.3) is 5.91 Å². The first kappa shape index (κ1) is 21.2. The minimum Gasteiger partial charge on any atom is -0.467 e. The van der Waals surface area contributed by atoms with Gasteiger partial charge < -0.3 is 14.8 Å². The SMILES string of the molecule is COC(=O)[C@@H](Cc1ccccc1)NC(=O)COC(=O)/C=C/c1cccc(Cl)c1. The highest BCUT2D eigenvalue weighted by Gasteiger charge is 2.22. The van der Waals surface area contributed by atoms with Crippen molar-refractivity contribution in [1.29, 1.82) is 0 Å². The molecular weight excluding hydrogens is 382 g/mol. The van der Waals surface area contributed by atoms with E-state index in [4.69, 9.17) is 21.1 Å². The Morgan fingerprint density at radius 3 is 2.54 bits per heavy atom. The van der Waals surface area contributed by atoms with E-state index >= 15 is 0 Å². The first-order valence-corrected chi connectivity index (χ1v) is 8.87. The Bertz CT molecular complexity index is 851. The lowest BCUT2D eigenvalue weighted by Gasteiger charge is -2.16. The van der Waals surface area contributed by atoms with Gasteiger partial charge in [0.2, 0.25) is 0 Å². The largest absolute Gasteiger partial charge is 0.467 e. The first-order chi connectivity index (χ1) is 13.5. The Kier molecular flexibility index (Phi) is 8.24. The number of halogens is 1. The topological polar surface area (TPSA) is 81.7 Å². The number of rotatable bonds is 8. The van der Waals surface area contributed by atoms with E-state index in [1.54, 1.807) is 24.3 Å². The molecule has 0 saturated carbocycles. The van der Waals surface area contributed by atoms with Crippen molar-refractivity contribution in [1.82, 2.24) is 5.32 Å². The van der Waals surface area contributed by atoms with Crippen molar-refractivity contribution in [3.05, 3.63) is 76.8 Å². The van der Waals surface area contributed by atoms with E-state index in [1.807, 2.05) is 30.3 Å². The molecule has 0 aromatic heterocycles. The molecule has 146 valence electrons. The number of nitrogens with one attached hydrogen (secondary N) is 1. The van der Waals surface area contributed by atoms with Gasteiger partial charge in [0, 0.05) is 17.5 Å². The van der Waals surface area contributed by atoms with E-state index in [0.717, 1.165) is 11.1 Å². The summed E-state index contributed by atoms with van der Waals surface area (Å²) in [5.41, 5.74) is 1.59. The summed E-state index contributed by atoms with van der Waals surface area (Å²) in [6.45, 7) is -0.513. The Balaban J connectivity index is 1.86. The van der Waals surface area contributed by atoms with E-state index in [-0.39, 0.29) is 6.42 Å². The molecule has 0 saturated heterocycles. The number of carbonyl (C=O) groups excluding carboxylic acids is 3. The van der Waals surface area contributed by atoms with Crippen LogP contribution in [0, 0.1) is 0 Å². The number of methoxy groups -OCH3 is 1. The summed E-state index contributed by atoms with van der Waals surface area (Å²) in [6.07, 6.45) is 2.99. The molecule has 1 amide bonds. The predicted octanol–water partition coefficient (Wildman–Crippen LogP) is 2.80. The van der Waals surface area contributed by atoms with Crippen LogP contribution in [0.5, 0.6) is 0 Å². The molecule has 2 aromatic carbocycles. The Morgan fingerprint density at radius 2 is 1.86 bits per heavy atom. The molecule has 1 N–H and O–H groups in total. The van der Waals surface area contributed by atoms with E-state index in [1.165, 1.54) is 19.3 Å². The fraction of sp³-hybridized carbons (Fsp3) is 0.190. The Hall–Kier alpha value is -3.12. The second-order valence-electron chi connectivity index (χ2n) is 5.83. The Morgan fingerprint density at radius 1 is 1.11 bits per heavy atom. The van der Waals surface area contributed by atoms with E-state index < -0.39 is 30.5 Å². The number of esters is 2. The molecule has 0 spiro atoms. The molecular formula is C21H20ClNO5. The molecule has 0 bridgehead atoms. The smallest absolute Gasteiger partial charge is 0.331 e. The van der Waals surface area contributed by atoms with Crippen molar-refractivity contribution in [3.63, 3.8) is 0 Å². The van der Waals surface area contributed by atoms with Crippen molar-refractivity contribution >= 4 is 35.5 Å². The zero-order valence-electron chi connectivity index (χ0n) is 15.3. The van der Waals surface area contributed by atoms with Crippen LogP contribution in [0.3, 0.4) is 0 Å². The summed E-state index contributed by atoms with van der Waals surface area (Å²) >= 11 is 5.87. The molecule has 6 nitrogen and oxygen atoms in total. The van der Waals surface area contributed by atoms with Crippen LogP contribution in [0.1, 0.15) is 11.1 Å². The average Bonchev–Trinajstić information content (AvgIpc) is 2.70. The third-order valence-electron chi connectivity index (χ3n) is 3.71. The Labute approximate surface area is 168 Å². The maximum atomic E-state index is 12.0. The molecule has 2 aromatic rings. The van der Waals surface area contributed by atoms with E-state index in [9.17, 15) is 14.4 Å². The summed E-state index contributed by atoms with van der Waals surface area (Å²) in [4.78, 5) is 35.7. The van der Waals surface area contributed by atoms with Crippen LogP contribution < -0.4 is 5.32 Å². The quantitative estimate of drug-likeness (QED) is 0.543. The standard InChI is InChI=1S/C21H20ClNO5/c1-27-21(26)18(13-15-6-3-2-4-7-15)23-19(24)14-28-20(25)11-10-16-8-5-9-17(22)12-16/h2-12,18H,13-14H2,1H3,(H,23,24)/b11-10+/t18-/m1/s1. The van der Waals surface area contributed by atoms with Gasteiger partial charge in [-0.3, -0.25) is 4.79 Å². The summed E-state index contributed by atoms with van der Waals surface area (Å²) in [5, 5.41) is 3.06. The lowest BCUT2D eigenvalue weighted by atomic mass is 10.1. The van der Waals surface area contributed by atoms with Gasteiger partial charge in [0.05, 0.1) is 7.11 Å². The highest BCUT2D eigenvalue weighted by Crippen LogP contribution is 2.11. The van der Waals surface area contributed by atoms with Crippen molar-refractivity contribution in [2.45, 2.75) is 12.5 Å². The number of amides is 1. The van der Waals surface area contributed by atoms with E-state index in [2.05, 4.69) is 5.32 Å². The summed E-state index contributed by atoms with van der Waals surface area (Å²) in [5.74, 6) is -1.87. The number of carbonyl (C=O) groups is 3. The van der Waals surface area contributed by atoms with Gasteiger partial charge in [-0.25, -0.2) is 9.59 Å². The highest BCUT2D eigenvalue weighted by atomic mass is 35.5. The molecule has 0 radical (unpaired) electrons. The van der Waals surface area contributed by atoms with Gasteiger partial charge in [-0.2, -0.15) is 0 Å². The van der Waals surface area contributed by atoms with Crippen molar-refractivity contribution in [2.75, 3.05) is 13.7 Å².